The quantitative estimate of drug-likeness (QED) is 0.642. The molecule has 0 saturated carbocycles. The number of nitrogens with one attached hydrogen (secondary N) is 1. The fourth-order valence-corrected chi connectivity index (χ4v) is 4.83. The van der Waals surface area contributed by atoms with Crippen LogP contribution in [-0.4, -0.2) is 41.6 Å². The van der Waals surface area contributed by atoms with Gasteiger partial charge in [-0.25, -0.2) is 13.1 Å². The summed E-state index contributed by atoms with van der Waals surface area (Å²) >= 11 is 6.18. The average Bonchev–Trinajstić information content (AvgIpc) is 2.72. The van der Waals surface area contributed by atoms with Crippen LogP contribution in [0, 0.1) is 0 Å². The highest BCUT2D eigenvalue weighted by molar-refractivity contribution is 7.89. The van der Waals surface area contributed by atoms with E-state index in [2.05, 4.69) is 9.46 Å². The van der Waals surface area contributed by atoms with Gasteiger partial charge in [0.1, 0.15) is 11.5 Å². The van der Waals surface area contributed by atoms with Gasteiger partial charge in [-0.3, -0.25) is 0 Å². The highest BCUT2D eigenvalue weighted by Crippen LogP contribution is 2.41. The lowest BCUT2D eigenvalue weighted by atomic mass is 9.74. The molecule has 0 spiro atoms. The number of halogens is 4. The van der Waals surface area contributed by atoms with Crippen LogP contribution in [-0.2, 0) is 20.2 Å². The molecular weight excluding hydrogens is 459 g/mol. The molecule has 1 saturated heterocycles. The molecule has 1 heterocycles. The molecule has 0 unspecified atom stereocenters. The van der Waals surface area contributed by atoms with E-state index in [1.165, 1.54) is 7.11 Å². The normalized spacial score (nSPS) is 16.7. The monoisotopic (exact) mass is 479 g/mol. The molecule has 0 atom stereocenters. The molecule has 0 bridgehead atoms. The van der Waals surface area contributed by atoms with Gasteiger partial charge in [0, 0.05) is 35.8 Å². The second-order valence-corrected chi connectivity index (χ2v) is 9.28. The Labute approximate surface area is 183 Å². The summed E-state index contributed by atoms with van der Waals surface area (Å²) in [5.74, 6) is 0.0789. The van der Waals surface area contributed by atoms with Crippen molar-refractivity contribution < 1.29 is 35.8 Å². The van der Waals surface area contributed by atoms with Gasteiger partial charge in [-0.1, -0.05) is 11.6 Å². The van der Waals surface area contributed by atoms with Crippen molar-refractivity contribution in [2.24, 2.45) is 0 Å². The zero-order chi connectivity index (χ0) is 22.7. The second-order valence-electron chi connectivity index (χ2n) is 7.08. The Bertz CT molecular complexity index is 1010. The standard InChI is InChI=1S/C20H21ClF3NO5S/c1-28-18-7-2-14(21)12-17(18)19(8-10-29-11-9-19)13-25-31(26,27)16-5-3-15(4-6-16)30-20(22,23)24/h2-7,12,25H,8-11,13H2,1H3. The Morgan fingerprint density at radius 2 is 1.77 bits per heavy atom. The van der Waals surface area contributed by atoms with E-state index in [4.69, 9.17) is 21.1 Å². The minimum Gasteiger partial charge on any atom is -0.496 e. The van der Waals surface area contributed by atoms with Crippen LogP contribution in [0.2, 0.25) is 5.02 Å². The van der Waals surface area contributed by atoms with Gasteiger partial charge in [0.05, 0.1) is 12.0 Å². The lowest BCUT2D eigenvalue weighted by Gasteiger charge is -2.38. The van der Waals surface area contributed by atoms with E-state index in [9.17, 15) is 21.6 Å². The number of hydrogen-bond acceptors (Lipinski definition) is 5. The predicted molar refractivity (Wildman–Crippen MR) is 108 cm³/mol. The summed E-state index contributed by atoms with van der Waals surface area (Å²) in [6.45, 7) is 0.901. The number of rotatable bonds is 7. The summed E-state index contributed by atoms with van der Waals surface area (Å²) in [6, 6.07) is 9.18. The molecule has 1 N–H and O–H groups in total. The van der Waals surface area contributed by atoms with Crippen molar-refractivity contribution in [3.05, 3.63) is 53.1 Å². The van der Waals surface area contributed by atoms with Crippen LogP contribution in [0.5, 0.6) is 11.5 Å². The Hall–Kier alpha value is -2.01. The molecule has 31 heavy (non-hydrogen) atoms. The minimum absolute atomic E-state index is 0.0379. The van der Waals surface area contributed by atoms with Crippen molar-refractivity contribution in [2.75, 3.05) is 26.9 Å². The molecule has 11 heteroatoms. The minimum atomic E-state index is -4.86. The van der Waals surface area contributed by atoms with E-state index in [-0.39, 0.29) is 11.4 Å². The largest absolute Gasteiger partial charge is 0.573 e. The van der Waals surface area contributed by atoms with Crippen LogP contribution in [0.1, 0.15) is 18.4 Å². The number of alkyl halides is 3. The molecule has 0 aromatic heterocycles. The fourth-order valence-electron chi connectivity index (χ4n) is 3.54. The third-order valence-corrected chi connectivity index (χ3v) is 6.80. The highest BCUT2D eigenvalue weighted by atomic mass is 35.5. The van der Waals surface area contributed by atoms with Crippen molar-refractivity contribution in [1.29, 1.82) is 0 Å². The van der Waals surface area contributed by atoms with E-state index < -0.39 is 27.6 Å². The maximum absolute atomic E-state index is 12.8. The molecule has 3 rings (SSSR count). The number of hydrogen-bond donors (Lipinski definition) is 1. The Kier molecular flexibility index (Phi) is 7.04. The molecule has 1 aliphatic heterocycles. The average molecular weight is 480 g/mol. The topological polar surface area (TPSA) is 73.9 Å². The van der Waals surface area contributed by atoms with Crippen molar-refractivity contribution in [2.45, 2.75) is 29.5 Å². The zero-order valence-electron chi connectivity index (χ0n) is 16.5. The van der Waals surface area contributed by atoms with Crippen molar-refractivity contribution >= 4 is 21.6 Å². The maximum atomic E-state index is 12.8. The summed E-state index contributed by atoms with van der Waals surface area (Å²) in [5, 5.41) is 0.491. The molecule has 2 aromatic carbocycles. The number of ether oxygens (including phenoxy) is 3. The maximum Gasteiger partial charge on any atom is 0.573 e. The molecule has 1 fully saturated rings. The van der Waals surface area contributed by atoms with Crippen LogP contribution in [0.15, 0.2) is 47.4 Å². The lowest BCUT2D eigenvalue weighted by molar-refractivity contribution is -0.274. The van der Waals surface area contributed by atoms with E-state index >= 15 is 0 Å². The van der Waals surface area contributed by atoms with Crippen LogP contribution >= 0.6 is 11.6 Å². The Morgan fingerprint density at radius 3 is 2.35 bits per heavy atom. The van der Waals surface area contributed by atoms with Gasteiger partial charge in [-0.2, -0.15) is 0 Å². The third-order valence-electron chi connectivity index (χ3n) is 5.15. The predicted octanol–water partition coefficient (Wildman–Crippen LogP) is 4.27. The van der Waals surface area contributed by atoms with Crippen molar-refractivity contribution in [3.63, 3.8) is 0 Å². The number of methoxy groups -OCH3 is 1. The van der Waals surface area contributed by atoms with E-state index in [1.807, 2.05) is 0 Å². The Morgan fingerprint density at radius 1 is 1.13 bits per heavy atom. The number of benzene rings is 2. The first-order chi connectivity index (χ1) is 14.5. The molecule has 0 radical (unpaired) electrons. The lowest BCUT2D eigenvalue weighted by Crippen LogP contribution is -2.44. The van der Waals surface area contributed by atoms with E-state index in [1.54, 1.807) is 18.2 Å². The van der Waals surface area contributed by atoms with Gasteiger partial charge < -0.3 is 14.2 Å². The molecule has 6 nitrogen and oxygen atoms in total. The first-order valence-electron chi connectivity index (χ1n) is 9.32. The summed E-state index contributed by atoms with van der Waals surface area (Å²) in [5.41, 5.74) is 0.142. The van der Waals surface area contributed by atoms with Gasteiger partial charge in [0.15, 0.2) is 0 Å². The molecule has 1 aliphatic rings. The van der Waals surface area contributed by atoms with Crippen LogP contribution in [0.4, 0.5) is 13.2 Å². The number of sulfonamides is 1. The first kappa shape index (κ1) is 23.6. The Balaban J connectivity index is 1.84. The highest BCUT2D eigenvalue weighted by Gasteiger charge is 2.38. The zero-order valence-corrected chi connectivity index (χ0v) is 18.1. The van der Waals surface area contributed by atoms with Gasteiger partial charge in [-0.15, -0.1) is 13.2 Å². The van der Waals surface area contributed by atoms with Gasteiger partial charge in [0.2, 0.25) is 10.0 Å². The molecule has 2 aromatic rings. The first-order valence-corrected chi connectivity index (χ1v) is 11.2. The smallest absolute Gasteiger partial charge is 0.496 e. The van der Waals surface area contributed by atoms with Gasteiger partial charge in [-0.05, 0) is 55.3 Å². The SMILES string of the molecule is COc1ccc(Cl)cc1C1(CNS(=O)(=O)c2ccc(OC(F)(F)F)cc2)CCOCC1. The van der Waals surface area contributed by atoms with Crippen LogP contribution in [0.25, 0.3) is 0 Å². The molecule has 0 aliphatic carbocycles. The summed E-state index contributed by atoms with van der Waals surface area (Å²) in [7, 11) is -2.48. The van der Waals surface area contributed by atoms with Crippen molar-refractivity contribution in [3.8, 4) is 11.5 Å². The summed E-state index contributed by atoms with van der Waals surface area (Å²) < 4.78 is 79.8. The van der Waals surface area contributed by atoms with Crippen LogP contribution in [0.3, 0.4) is 0 Å². The summed E-state index contributed by atoms with van der Waals surface area (Å²) in [4.78, 5) is -0.178. The van der Waals surface area contributed by atoms with Crippen molar-refractivity contribution in [1.82, 2.24) is 4.72 Å². The van der Waals surface area contributed by atoms with E-state index in [0.29, 0.717) is 36.8 Å². The van der Waals surface area contributed by atoms with Crippen LogP contribution < -0.4 is 14.2 Å². The summed E-state index contributed by atoms with van der Waals surface area (Å²) in [6.07, 6.45) is -3.79. The second kappa shape index (κ2) is 9.23. The third kappa shape index (κ3) is 5.82. The van der Waals surface area contributed by atoms with Gasteiger partial charge >= 0.3 is 6.36 Å². The van der Waals surface area contributed by atoms with Gasteiger partial charge in [0.25, 0.3) is 0 Å². The molecular formula is C20H21ClF3NO5S. The molecule has 170 valence electrons. The molecule has 0 amide bonds. The van der Waals surface area contributed by atoms with E-state index in [0.717, 1.165) is 29.8 Å². The fraction of sp³-hybridized carbons (Fsp3) is 0.400.